The van der Waals surface area contributed by atoms with Crippen LogP contribution in [0.4, 0.5) is 0 Å². The number of amides is 3. The number of hydrogen-bond acceptors (Lipinski definition) is 4. The Morgan fingerprint density at radius 1 is 1.17 bits per heavy atom. The van der Waals surface area contributed by atoms with Crippen molar-refractivity contribution in [1.29, 1.82) is 0 Å². The predicted octanol–water partition coefficient (Wildman–Crippen LogP) is 0.562. The van der Waals surface area contributed by atoms with Crippen LogP contribution in [-0.4, -0.2) is 60.4 Å². The van der Waals surface area contributed by atoms with Gasteiger partial charge in [-0.15, -0.1) is 0 Å². The number of imide groups is 1. The fourth-order valence-corrected chi connectivity index (χ4v) is 3.12. The molecule has 3 amide bonds. The van der Waals surface area contributed by atoms with Gasteiger partial charge in [-0.3, -0.25) is 19.3 Å². The summed E-state index contributed by atoms with van der Waals surface area (Å²) in [5, 5.41) is 0. The van der Waals surface area contributed by atoms with E-state index < -0.39 is 5.41 Å². The molecule has 0 N–H and O–H groups in total. The van der Waals surface area contributed by atoms with Crippen molar-refractivity contribution in [2.24, 2.45) is 0 Å². The highest BCUT2D eigenvalue weighted by Crippen LogP contribution is 2.36. The second kappa shape index (κ2) is 6.12. The zero-order valence-corrected chi connectivity index (χ0v) is 13.2. The number of nitrogens with zero attached hydrogens (tertiary/aromatic N) is 2. The summed E-state index contributed by atoms with van der Waals surface area (Å²) in [6.07, 6.45) is 0.103. The van der Waals surface area contributed by atoms with E-state index in [9.17, 15) is 14.4 Å². The minimum Gasteiger partial charge on any atom is -0.378 e. The number of morpholine rings is 1. The normalized spacial score (nSPS) is 25.1. The molecule has 6 nitrogen and oxygen atoms in total. The smallest absolute Gasteiger partial charge is 0.242 e. The minimum atomic E-state index is -0.885. The standard InChI is InChI=1S/C17H20N2O4/c1-17(13-5-3-2-4-6-13)11-14(20)19(16(17)22)12-15(21)18-7-9-23-10-8-18/h2-6H,7-12H2,1H3. The van der Waals surface area contributed by atoms with Gasteiger partial charge in [-0.05, 0) is 12.5 Å². The molecule has 23 heavy (non-hydrogen) atoms. The monoisotopic (exact) mass is 316 g/mol. The van der Waals surface area contributed by atoms with Crippen molar-refractivity contribution >= 4 is 17.7 Å². The lowest BCUT2D eigenvalue weighted by Crippen LogP contribution is -2.48. The number of ether oxygens (including phenoxy) is 1. The van der Waals surface area contributed by atoms with E-state index in [1.54, 1.807) is 11.8 Å². The first-order valence-electron chi connectivity index (χ1n) is 7.78. The topological polar surface area (TPSA) is 66.9 Å². The van der Waals surface area contributed by atoms with Crippen LogP contribution in [0.1, 0.15) is 18.9 Å². The Morgan fingerprint density at radius 2 is 1.83 bits per heavy atom. The largest absolute Gasteiger partial charge is 0.378 e. The van der Waals surface area contributed by atoms with Crippen molar-refractivity contribution in [2.45, 2.75) is 18.8 Å². The summed E-state index contributed by atoms with van der Waals surface area (Å²) in [6.45, 7) is 3.59. The molecule has 2 saturated heterocycles. The van der Waals surface area contributed by atoms with Gasteiger partial charge >= 0.3 is 0 Å². The lowest BCUT2D eigenvalue weighted by Gasteiger charge is -2.29. The van der Waals surface area contributed by atoms with Crippen molar-refractivity contribution in [1.82, 2.24) is 9.80 Å². The van der Waals surface area contributed by atoms with Crippen LogP contribution in [0.2, 0.25) is 0 Å². The molecule has 1 aromatic rings. The Hall–Kier alpha value is -2.21. The molecular formula is C17H20N2O4. The van der Waals surface area contributed by atoms with Gasteiger partial charge in [0.2, 0.25) is 17.7 Å². The van der Waals surface area contributed by atoms with Gasteiger partial charge < -0.3 is 9.64 Å². The van der Waals surface area contributed by atoms with E-state index in [0.29, 0.717) is 26.3 Å². The van der Waals surface area contributed by atoms with Crippen LogP contribution < -0.4 is 0 Å². The first-order chi connectivity index (χ1) is 11.0. The number of carbonyl (C=O) groups is 3. The van der Waals surface area contributed by atoms with Gasteiger partial charge in [0.05, 0.1) is 18.6 Å². The highest BCUT2D eigenvalue weighted by molar-refractivity contribution is 6.10. The Balaban J connectivity index is 1.75. The molecule has 2 aliphatic rings. The van der Waals surface area contributed by atoms with Crippen molar-refractivity contribution in [3.05, 3.63) is 35.9 Å². The number of benzene rings is 1. The van der Waals surface area contributed by atoms with E-state index in [0.717, 1.165) is 10.5 Å². The summed E-state index contributed by atoms with van der Waals surface area (Å²) in [6, 6.07) is 9.25. The first-order valence-corrected chi connectivity index (χ1v) is 7.78. The summed E-state index contributed by atoms with van der Waals surface area (Å²) in [5.41, 5.74) is -0.0800. The summed E-state index contributed by atoms with van der Waals surface area (Å²) >= 11 is 0. The van der Waals surface area contributed by atoms with Crippen LogP contribution in [0.15, 0.2) is 30.3 Å². The number of hydrogen-bond donors (Lipinski definition) is 0. The van der Waals surface area contributed by atoms with Crippen LogP contribution >= 0.6 is 0 Å². The lowest BCUT2D eigenvalue weighted by atomic mass is 9.81. The molecule has 1 aromatic carbocycles. The Kier molecular flexibility index (Phi) is 4.17. The molecule has 1 atom stereocenters. The molecule has 2 fully saturated rings. The highest BCUT2D eigenvalue weighted by Gasteiger charge is 2.49. The maximum atomic E-state index is 12.8. The Labute approximate surface area is 135 Å². The van der Waals surface area contributed by atoms with Crippen molar-refractivity contribution in [3.63, 3.8) is 0 Å². The second-order valence-corrected chi connectivity index (χ2v) is 6.15. The predicted molar refractivity (Wildman–Crippen MR) is 82.5 cm³/mol. The van der Waals surface area contributed by atoms with Crippen LogP contribution in [0.5, 0.6) is 0 Å². The minimum absolute atomic E-state index is 0.103. The average molecular weight is 316 g/mol. The van der Waals surface area contributed by atoms with E-state index >= 15 is 0 Å². The fourth-order valence-electron chi connectivity index (χ4n) is 3.12. The first kappa shape index (κ1) is 15.7. The maximum absolute atomic E-state index is 12.8. The van der Waals surface area contributed by atoms with Gasteiger partial charge in [0.25, 0.3) is 0 Å². The van der Waals surface area contributed by atoms with Crippen LogP contribution in [0, 0.1) is 0 Å². The molecule has 122 valence electrons. The summed E-state index contributed by atoms with van der Waals surface area (Å²) in [5.74, 6) is -0.786. The molecule has 0 spiro atoms. The molecule has 0 aliphatic carbocycles. The van der Waals surface area contributed by atoms with E-state index in [1.807, 2.05) is 30.3 Å². The molecule has 0 radical (unpaired) electrons. The Bertz CT molecular complexity index is 625. The number of likely N-dealkylation sites (tertiary alicyclic amines) is 1. The van der Waals surface area contributed by atoms with Crippen molar-refractivity contribution < 1.29 is 19.1 Å². The zero-order valence-electron chi connectivity index (χ0n) is 13.2. The third-order valence-corrected chi connectivity index (χ3v) is 4.59. The van der Waals surface area contributed by atoms with Crippen LogP contribution in [-0.2, 0) is 24.5 Å². The van der Waals surface area contributed by atoms with Gasteiger partial charge in [-0.1, -0.05) is 30.3 Å². The van der Waals surface area contributed by atoms with Crippen LogP contribution in [0.3, 0.4) is 0 Å². The summed E-state index contributed by atoms with van der Waals surface area (Å²) in [7, 11) is 0. The Morgan fingerprint density at radius 3 is 2.48 bits per heavy atom. The number of carbonyl (C=O) groups excluding carboxylic acids is 3. The highest BCUT2D eigenvalue weighted by atomic mass is 16.5. The molecule has 2 aliphatic heterocycles. The molecule has 0 bridgehead atoms. The zero-order chi connectivity index (χ0) is 16.4. The molecule has 0 aromatic heterocycles. The van der Waals surface area contributed by atoms with Gasteiger partial charge in [0.15, 0.2) is 0 Å². The molecule has 0 saturated carbocycles. The fraction of sp³-hybridized carbons (Fsp3) is 0.471. The third kappa shape index (κ3) is 2.86. The van der Waals surface area contributed by atoms with Gasteiger partial charge in [-0.2, -0.15) is 0 Å². The van der Waals surface area contributed by atoms with E-state index in [4.69, 9.17) is 4.74 Å². The molecule has 2 heterocycles. The third-order valence-electron chi connectivity index (χ3n) is 4.59. The molecule has 1 unspecified atom stereocenters. The van der Waals surface area contributed by atoms with Crippen molar-refractivity contribution in [2.75, 3.05) is 32.8 Å². The molecular weight excluding hydrogens is 296 g/mol. The molecule has 3 rings (SSSR count). The van der Waals surface area contributed by atoms with Gasteiger partial charge in [0, 0.05) is 19.5 Å². The van der Waals surface area contributed by atoms with E-state index in [1.165, 1.54) is 0 Å². The maximum Gasteiger partial charge on any atom is 0.242 e. The summed E-state index contributed by atoms with van der Waals surface area (Å²) < 4.78 is 5.21. The number of rotatable bonds is 3. The average Bonchev–Trinajstić information content (AvgIpc) is 2.81. The van der Waals surface area contributed by atoms with Crippen molar-refractivity contribution in [3.8, 4) is 0 Å². The van der Waals surface area contributed by atoms with Crippen LogP contribution in [0.25, 0.3) is 0 Å². The lowest BCUT2D eigenvalue weighted by molar-refractivity contribution is -0.148. The summed E-state index contributed by atoms with van der Waals surface area (Å²) in [4.78, 5) is 40.1. The van der Waals surface area contributed by atoms with Gasteiger partial charge in [0.1, 0.15) is 6.54 Å². The second-order valence-electron chi connectivity index (χ2n) is 6.15. The van der Waals surface area contributed by atoms with Gasteiger partial charge in [-0.25, -0.2) is 0 Å². The molecule has 6 heteroatoms. The van der Waals surface area contributed by atoms with E-state index in [-0.39, 0.29) is 30.7 Å². The van der Waals surface area contributed by atoms with E-state index in [2.05, 4.69) is 0 Å². The quantitative estimate of drug-likeness (QED) is 0.764. The SMILES string of the molecule is CC1(c2ccccc2)CC(=O)N(CC(=O)N2CCOCC2)C1=O.